The van der Waals surface area contributed by atoms with Gasteiger partial charge in [0.15, 0.2) is 0 Å². The van der Waals surface area contributed by atoms with Crippen LogP contribution in [0.15, 0.2) is 18.5 Å². The number of halogens is 1. The Labute approximate surface area is 94.2 Å². The van der Waals surface area contributed by atoms with Crippen LogP contribution in [0.3, 0.4) is 0 Å². The Kier molecular flexibility index (Phi) is 3.48. The van der Waals surface area contributed by atoms with Gasteiger partial charge < -0.3 is 15.4 Å². The lowest BCUT2D eigenvalue weighted by atomic mass is 10.0. The third kappa shape index (κ3) is 2.37. The third-order valence-corrected chi connectivity index (χ3v) is 2.86. The molecular weight excluding hydrogens is 209 g/mol. The van der Waals surface area contributed by atoms with Crippen LogP contribution in [0.5, 0.6) is 0 Å². The minimum atomic E-state index is -0.439. The molecule has 5 heteroatoms. The van der Waals surface area contributed by atoms with Crippen molar-refractivity contribution >= 4 is 0 Å². The quantitative estimate of drug-likeness (QED) is 0.798. The molecule has 0 radical (unpaired) electrons. The third-order valence-electron chi connectivity index (χ3n) is 2.86. The van der Waals surface area contributed by atoms with E-state index in [-0.39, 0.29) is 11.9 Å². The van der Waals surface area contributed by atoms with Gasteiger partial charge in [0.2, 0.25) is 0 Å². The smallest absolute Gasteiger partial charge is 0.146 e. The van der Waals surface area contributed by atoms with Gasteiger partial charge in [-0.25, -0.2) is 4.39 Å². The molecule has 0 aromatic carbocycles. The molecule has 2 heterocycles. The van der Waals surface area contributed by atoms with Crippen molar-refractivity contribution in [3.63, 3.8) is 0 Å². The van der Waals surface area contributed by atoms with Gasteiger partial charge in [0.25, 0.3) is 0 Å². The summed E-state index contributed by atoms with van der Waals surface area (Å²) in [6.07, 6.45) is 2.57. The largest absolute Gasteiger partial charge is 0.374 e. The van der Waals surface area contributed by atoms with Crippen molar-refractivity contribution in [1.29, 1.82) is 0 Å². The van der Waals surface area contributed by atoms with Gasteiger partial charge in [0.05, 0.1) is 24.9 Å². The average Bonchev–Trinajstić information content (AvgIpc) is 2.29. The van der Waals surface area contributed by atoms with Crippen LogP contribution in [-0.2, 0) is 4.74 Å². The molecule has 2 atom stereocenters. The number of likely N-dealkylation sites (N-methyl/N-ethyl adjacent to an activating group) is 1. The zero-order chi connectivity index (χ0) is 11.5. The molecule has 1 saturated heterocycles. The Morgan fingerprint density at radius 1 is 1.69 bits per heavy atom. The minimum absolute atomic E-state index is 0.157. The van der Waals surface area contributed by atoms with E-state index in [1.807, 2.05) is 7.05 Å². The van der Waals surface area contributed by atoms with Gasteiger partial charge in [-0.15, -0.1) is 0 Å². The Morgan fingerprint density at radius 2 is 2.50 bits per heavy atom. The standard InChI is InChI=1S/C11H16FN3O/c1-15-4-5-16-10(7-15)11(13)8-2-3-14-6-9(8)12/h2-3,6,10-11H,4-5,7,13H2,1H3. The summed E-state index contributed by atoms with van der Waals surface area (Å²) in [5.74, 6) is -0.369. The Bertz CT molecular complexity index is 361. The lowest BCUT2D eigenvalue weighted by molar-refractivity contribution is -0.0331. The predicted molar refractivity (Wildman–Crippen MR) is 58.4 cm³/mol. The highest BCUT2D eigenvalue weighted by atomic mass is 19.1. The molecule has 0 bridgehead atoms. The fraction of sp³-hybridized carbons (Fsp3) is 0.545. The fourth-order valence-corrected chi connectivity index (χ4v) is 1.88. The molecule has 1 aromatic heterocycles. The molecule has 1 aliphatic rings. The van der Waals surface area contributed by atoms with Crippen LogP contribution < -0.4 is 5.73 Å². The first-order chi connectivity index (χ1) is 7.68. The van der Waals surface area contributed by atoms with E-state index in [9.17, 15) is 4.39 Å². The van der Waals surface area contributed by atoms with E-state index < -0.39 is 6.04 Å². The second kappa shape index (κ2) is 4.86. The minimum Gasteiger partial charge on any atom is -0.374 e. The van der Waals surface area contributed by atoms with Crippen molar-refractivity contribution in [2.24, 2.45) is 5.73 Å². The number of nitrogens with zero attached hydrogens (tertiary/aromatic N) is 2. The van der Waals surface area contributed by atoms with Crippen LogP contribution >= 0.6 is 0 Å². The van der Waals surface area contributed by atoms with Gasteiger partial charge in [0.1, 0.15) is 5.82 Å². The van der Waals surface area contributed by atoms with Gasteiger partial charge in [0, 0.05) is 24.8 Å². The maximum absolute atomic E-state index is 13.5. The topological polar surface area (TPSA) is 51.4 Å². The molecule has 0 amide bonds. The second-order valence-electron chi connectivity index (χ2n) is 4.09. The van der Waals surface area contributed by atoms with Gasteiger partial charge in [-0.2, -0.15) is 0 Å². The van der Waals surface area contributed by atoms with Crippen LogP contribution in [-0.4, -0.2) is 42.7 Å². The first kappa shape index (κ1) is 11.4. The molecule has 1 aliphatic heterocycles. The molecule has 0 aliphatic carbocycles. The first-order valence-electron chi connectivity index (χ1n) is 5.33. The Morgan fingerprint density at radius 3 is 3.19 bits per heavy atom. The van der Waals surface area contributed by atoms with E-state index in [1.54, 1.807) is 12.3 Å². The molecule has 16 heavy (non-hydrogen) atoms. The number of rotatable bonds is 2. The van der Waals surface area contributed by atoms with Crippen molar-refractivity contribution in [3.8, 4) is 0 Å². The van der Waals surface area contributed by atoms with E-state index >= 15 is 0 Å². The average molecular weight is 225 g/mol. The van der Waals surface area contributed by atoms with Crippen LogP contribution in [0.4, 0.5) is 4.39 Å². The first-order valence-corrected chi connectivity index (χ1v) is 5.33. The summed E-state index contributed by atoms with van der Waals surface area (Å²) in [6, 6.07) is 1.17. The van der Waals surface area contributed by atoms with Crippen LogP contribution in [0.25, 0.3) is 0 Å². The van der Waals surface area contributed by atoms with E-state index in [0.717, 1.165) is 13.1 Å². The van der Waals surface area contributed by atoms with E-state index in [2.05, 4.69) is 9.88 Å². The molecule has 88 valence electrons. The van der Waals surface area contributed by atoms with Crippen LogP contribution in [0.2, 0.25) is 0 Å². The molecule has 1 aromatic rings. The zero-order valence-electron chi connectivity index (χ0n) is 9.27. The van der Waals surface area contributed by atoms with Gasteiger partial charge in [-0.3, -0.25) is 4.98 Å². The number of morpholine rings is 1. The van der Waals surface area contributed by atoms with Crippen LogP contribution in [0, 0.1) is 5.82 Å². The van der Waals surface area contributed by atoms with Crippen molar-refractivity contribution < 1.29 is 9.13 Å². The normalized spacial score (nSPS) is 24.3. The van der Waals surface area contributed by atoms with Crippen molar-refractivity contribution in [1.82, 2.24) is 9.88 Å². The number of hydrogen-bond donors (Lipinski definition) is 1. The zero-order valence-corrected chi connectivity index (χ0v) is 9.27. The summed E-state index contributed by atoms with van der Waals surface area (Å²) in [5.41, 5.74) is 6.48. The highest BCUT2D eigenvalue weighted by Gasteiger charge is 2.26. The second-order valence-corrected chi connectivity index (χ2v) is 4.09. The fourth-order valence-electron chi connectivity index (χ4n) is 1.88. The summed E-state index contributed by atoms with van der Waals surface area (Å²) in [4.78, 5) is 5.84. The maximum atomic E-state index is 13.5. The van der Waals surface area contributed by atoms with E-state index in [4.69, 9.17) is 10.5 Å². The Balaban J connectivity index is 2.12. The molecule has 2 N–H and O–H groups in total. The van der Waals surface area contributed by atoms with Gasteiger partial charge in [-0.1, -0.05) is 0 Å². The van der Waals surface area contributed by atoms with E-state index in [1.165, 1.54) is 6.20 Å². The summed E-state index contributed by atoms with van der Waals surface area (Å²) in [5, 5.41) is 0. The molecular formula is C11H16FN3O. The highest BCUT2D eigenvalue weighted by Crippen LogP contribution is 2.21. The summed E-state index contributed by atoms with van der Waals surface area (Å²) in [6.45, 7) is 2.26. The summed E-state index contributed by atoms with van der Waals surface area (Å²) >= 11 is 0. The summed E-state index contributed by atoms with van der Waals surface area (Å²) in [7, 11) is 2.01. The number of hydrogen-bond acceptors (Lipinski definition) is 4. The molecule has 2 rings (SSSR count). The van der Waals surface area contributed by atoms with Crippen molar-refractivity contribution in [3.05, 3.63) is 29.8 Å². The number of pyridine rings is 1. The lowest BCUT2D eigenvalue weighted by Crippen LogP contribution is -2.45. The SMILES string of the molecule is CN1CCOC(C(N)c2ccncc2F)C1. The number of aromatic nitrogens is 1. The molecule has 0 saturated carbocycles. The van der Waals surface area contributed by atoms with Crippen molar-refractivity contribution in [2.45, 2.75) is 12.1 Å². The monoisotopic (exact) mass is 225 g/mol. The Hall–Kier alpha value is -1.04. The highest BCUT2D eigenvalue weighted by molar-refractivity contribution is 5.18. The number of nitrogens with two attached hydrogens (primary N) is 1. The maximum Gasteiger partial charge on any atom is 0.146 e. The summed E-state index contributed by atoms with van der Waals surface area (Å²) < 4.78 is 19.0. The van der Waals surface area contributed by atoms with E-state index in [0.29, 0.717) is 12.2 Å². The van der Waals surface area contributed by atoms with Gasteiger partial charge >= 0.3 is 0 Å². The number of ether oxygens (including phenoxy) is 1. The van der Waals surface area contributed by atoms with Gasteiger partial charge in [-0.05, 0) is 13.1 Å². The molecule has 0 spiro atoms. The van der Waals surface area contributed by atoms with Crippen LogP contribution in [0.1, 0.15) is 11.6 Å². The molecule has 4 nitrogen and oxygen atoms in total. The molecule has 2 unspecified atom stereocenters. The predicted octanol–water partition coefficient (Wildman–Crippen LogP) is 0.551. The van der Waals surface area contributed by atoms with Crippen molar-refractivity contribution in [2.75, 3.05) is 26.7 Å². The molecule has 1 fully saturated rings. The lowest BCUT2D eigenvalue weighted by Gasteiger charge is -2.33.